The van der Waals surface area contributed by atoms with Gasteiger partial charge in [-0.3, -0.25) is 10.9 Å². The van der Waals surface area contributed by atoms with Crippen LogP contribution in [0.15, 0.2) is 58.7 Å². The highest BCUT2D eigenvalue weighted by molar-refractivity contribution is 6.35. The molecule has 1 aliphatic rings. The zero-order valence-corrected chi connectivity index (χ0v) is 11.8. The average Bonchev–Trinajstić information content (AvgIpc) is 2.49. The van der Waals surface area contributed by atoms with E-state index in [1.165, 1.54) is 0 Å². The van der Waals surface area contributed by atoms with Crippen molar-refractivity contribution in [1.82, 2.24) is 10.9 Å². The van der Waals surface area contributed by atoms with Crippen LogP contribution in [-0.2, 0) is 0 Å². The van der Waals surface area contributed by atoms with Crippen LogP contribution in [0.3, 0.4) is 0 Å². The molecule has 4 nitrogen and oxygen atoms in total. The summed E-state index contributed by atoms with van der Waals surface area (Å²) in [5.41, 5.74) is 7.52. The highest BCUT2D eigenvalue weighted by atomic mass is 35.5. The van der Waals surface area contributed by atoms with E-state index in [2.05, 4.69) is 21.1 Å². The van der Waals surface area contributed by atoms with Crippen molar-refractivity contribution in [2.45, 2.75) is 0 Å². The second kappa shape index (κ2) is 5.53. The molecule has 20 heavy (non-hydrogen) atoms. The van der Waals surface area contributed by atoms with Gasteiger partial charge in [0.15, 0.2) is 11.7 Å². The molecule has 0 unspecified atom stereocenters. The predicted octanol–water partition coefficient (Wildman–Crippen LogP) is 3.21. The van der Waals surface area contributed by atoms with Crippen molar-refractivity contribution in [3.8, 4) is 0 Å². The van der Waals surface area contributed by atoms with Crippen LogP contribution >= 0.6 is 23.2 Å². The molecule has 100 valence electrons. The van der Waals surface area contributed by atoms with E-state index in [1.54, 1.807) is 12.1 Å². The number of nitrogens with zero attached hydrogens (tertiary/aromatic N) is 2. The largest absolute Gasteiger partial charge is 0.281 e. The fourth-order valence-corrected chi connectivity index (χ4v) is 2.27. The Morgan fingerprint density at radius 1 is 0.650 bits per heavy atom. The minimum Gasteiger partial charge on any atom is -0.281 e. The first-order valence-electron chi connectivity index (χ1n) is 5.93. The summed E-state index contributed by atoms with van der Waals surface area (Å²) in [4.78, 5) is 0. The first-order valence-corrected chi connectivity index (χ1v) is 6.69. The van der Waals surface area contributed by atoms with E-state index in [-0.39, 0.29) is 0 Å². The fraction of sp³-hybridized carbons (Fsp3) is 0. The highest BCUT2D eigenvalue weighted by Crippen LogP contribution is 2.18. The van der Waals surface area contributed by atoms with Crippen LogP contribution in [0.25, 0.3) is 0 Å². The van der Waals surface area contributed by atoms with Crippen LogP contribution in [0.1, 0.15) is 11.1 Å². The smallest absolute Gasteiger partial charge is 0.175 e. The van der Waals surface area contributed by atoms with Gasteiger partial charge in [0.1, 0.15) is 0 Å². The molecule has 0 spiro atoms. The van der Waals surface area contributed by atoms with Gasteiger partial charge in [0.05, 0.1) is 10.0 Å². The first-order chi connectivity index (χ1) is 9.75. The standard InChI is InChI=1S/C14H10Cl2N4/c15-11-7-3-1-5-9(11)13-17-19-14(20-18-13)10-6-2-4-8-12(10)16/h1-8H,(H,17,18)(H,19,20). The molecule has 0 saturated carbocycles. The molecule has 2 N–H and O–H groups in total. The Morgan fingerprint density at radius 2 is 1.05 bits per heavy atom. The summed E-state index contributed by atoms with van der Waals surface area (Å²) in [5, 5.41) is 9.51. The molecule has 2 aromatic rings. The Hall–Kier alpha value is -2.04. The van der Waals surface area contributed by atoms with Gasteiger partial charge in [0, 0.05) is 11.1 Å². The Bertz CT molecular complexity index is 648. The third kappa shape index (κ3) is 2.48. The summed E-state index contributed by atoms with van der Waals surface area (Å²) >= 11 is 12.2. The van der Waals surface area contributed by atoms with Crippen LogP contribution in [0, 0.1) is 0 Å². The molecule has 0 aliphatic carbocycles. The quantitative estimate of drug-likeness (QED) is 0.895. The summed E-state index contributed by atoms with van der Waals surface area (Å²) in [5.74, 6) is 1.12. The maximum absolute atomic E-state index is 6.12. The number of rotatable bonds is 2. The molecule has 0 aromatic heterocycles. The van der Waals surface area contributed by atoms with E-state index in [9.17, 15) is 0 Å². The lowest BCUT2D eigenvalue weighted by atomic mass is 10.2. The van der Waals surface area contributed by atoms with Crippen LogP contribution < -0.4 is 10.9 Å². The normalized spacial score (nSPS) is 13.9. The van der Waals surface area contributed by atoms with Gasteiger partial charge in [-0.25, -0.2) is 0 Å². The number of nitrogens with one attached hydrogen (secondary N) is 2. The molecule has 2 aromatic carbocycles. The Balaban J connectivity index is 1.94. The van der Waals surface area contributed by atoms with Crippen molar-refractivity contribution in [3.63, 3.8) is 0 Å². The van der Waals surface area contributed by atoms with Gasteiger partial charge in [0.25, 0.3) is 0 Å². The molecule has 0 atom stereocenters. The SMILES string of the molecule is Clc1ccccc1C1=NN=C(c2ccccc2Cl)NN1. The molecule has 1 heterocycles. The number of halogens is 2. The van der Waals surface area contributed by atoms with Gasteiger partial charge < -0.3 is 0 Å². The minimum atomic E-state index is 0.561. The lowest BCUT2D eigenvalue weighted by molar-refractivity contribution is 0.826. The molecule has 3 rings (SSSR count). The van der Waals surface area contributed by atoms with Crippen molar-refractivity contribution < 1.29 is 0 Å². The number of hydrogen-bond donors (Lipinski definition) is 2. The molecule has 0 saturated heterocycles. The molecular weight excluding hydrogens is 295 g/mol. The maximum atomic E-state index is 6.12. The van der Waals surface area contributed by atoms with Crippen molar-refractivity contribution in [1.29, 1.82) is 0 Å². The Morgan fingerprint density at radius 3 is 1.40 bits per heavy atom. The molecule has 0 fully saturated rings. The maximum Gasteiger partial charge on any atom is 0.175 e. The van der Waals surface area contributed by atoms with E-state index in [0.717, 1.165) is 11.1 Å². The third-order valence-electron chi connectivity index (χ3n) is 2.81. The van der Waals surface area contributed by atoms with Gasteiger partial charge in [-0.15, -0.1) is 10.2 Å². The van der Waals surface area contributed by atoms with Gasteiger partial charge >= 0.3 is 0 Å². The van der Waals surface area contributed by atoms with Gasteiger partial charge in [-0.1, -0.05) is 47.5 Å². The number of hydrazine groups is 1. The number of hydrogen-bond acceptors (Lipinski definition) is 4. The van der Waals surface area contributed by atoms with Crippen molar-refractivity contribution in [3.05, 3.63) is 69.7 Å². The van der Waals surface area contributed by atoms with Gasteiger partial charge in [0.2, 0.25) is 0 Å². The Labute approximate surface area is 126 Å². The van der Waals surface area contributed by atoms with Crippen molar-refractivity contribution in [2.24, 2.45) is 10.2 Å². The molecular formula is C14H10Cl2N4. The van der Waals surface area contributed by atoms with E-state index in [4.69, 9.17) is 23.2 Å². The summed E-state index contributed by atoms with van der Waals surface area (Å²) < 4.78 is 0. The molecule has 0 amide bonds. The first kappa shape index (κ1) is 13.0. The molecule has 0 radical (unpaired) electrons. The van der Waals surface area contributed by atoms with Gasteiger partial charge in [-0.05, 0) is 24.3 Å². The average molecular weight is 305 g/mol. The van der Waals surface area contributed by atoms with Crippen LogP contribution in [0.2, 0.25) is 10.0 Å². The second-order valence-electron chi connectivity index (χ2n) is 4.11. The van der Waals surface area contributed by atoms with E-state index < -0.39 is 0 Å². The third-order valence-corrected chi connectivity index (χ3v) is 3.47. The van der Waals surface area contributed by atoms with Crippen LogP contribution in [0.4, 0.5) is 0 Å². The highest BCUT2D eigenvalue weighted by Gasteiger charge is 2.15. The van der Waals surface area contributed by atoms with E-state index >= 15 is 0 Å². The fourth-order valence-electron chi connectivity index (χ4n) is 1.82. The van der Waals surface area contributed by atoms with E-state index in [1.807, 2.05) is 36.4 Å². The van der Waals surface area contributed by atoms with Crippen LogP contribution in [0.5, 0.6) is 0 Å². The van der Waals surface area contributed by atoms with Crippen molar-refractivity contribution >= 4 is 34.9 Å². The summed E-state index contributed by atoms with van der Waals surface area (Å²) in [6, 6.07) is 14.8. The van der Waals surface area contributed by atoms with Gasteiger partial charge in [-0.2, -0.15) is 0 Å². The molecule has 6 heteroatoms. The summed E-state index contributed by atoms with van der Waals surface area (Å²) in [7, 11) is 0. The lowest BCUT2D eigenvalue weighted by Gasteiger charge is -2.18. The predicted molar refractivity (Wildman–Crippen MR) is 82.2 cm³/mol. The Kier molecular flexibility index (Phi) is 3.58. The molecule has 1 aliphatic heterocycles. The zero-order chi connectivity index (χ0) is 13.9. The summed E-state index contributed by atoms with van der Waals surface area (Å²) in [6.45, 7) is 0. The topological polar surface area (TPSA) is 48.8 Å². The minimum absolute atomic E-state index is 0.561. The number of benzene rings is 2. The van der Waals surface area contributed by atoms with E-state index in [0.29, 0.717) is 21.7 Å². The lowest BCUT2D eigenvalue weighted by Crippen LogP contribution is -2.45. The molecule has 0 bridgehead atoms. The monoisotopic (exact) mass is 304 g/mol. The number of amidine groups is 2. The zero-order valence-electron chi connectivity index (χ0n) is 10.3. The van der Waals surface area contributed by atoms with Crippen LogP contribution in [-0.4, -0.2) is 11.7 Å². The van der Waals surface area contributed by atoms with Crippen molar-refractivity contribution in [2.75, 3.05) is 0 Å². The second-order valence-corrected chi connectivity index (χ2v) is 4.92. The summed E-state index contributed by atoms with van der Waals surface area (Å²) in [6.07, 6.45) is 0.